The highest BCUT2D eigenvalue weighted by Gasteiger charge is 2.24. The molecule has 0 saturated heterocycles. The van der Waals surface area contributed by atoms with Gasteiger partial charge in [0, 0.05) is 17.1 Å². The number of hydrogen-bond donors (Lipinski definition) is 1. The van der Waals surface area contributed by atoms with Gasteiger partial charge in [-0.25, -0.2) is 0 Å². The first-order valence-corrected chi connectivity index (χ1v) is 9.84. The van der Waals surface area contributed by atoms with Crippen LogP contribution < -0.4 is 10.2 Å². The molecule has 1 heterocycles. The third-order valence-corrected chi connectivity index (χ3v) is 5.40. The Bertz CT molecular complexity index is 770. The number of carbonyl (C=O) groups is 2. The average molecular weight is 372 g/mol. The van der Waals surface area contributed by atoms with Crippen LogP contribution in [-0.2, 0) is 4.79 Å². The highest BCUT2D eigenvalue weighted by Crippen LogP contribution is 2.21. The summed E-state index contributed by atoms with van der Waals surface area (Å²) in [6, 6.07) is 5.98. The number of anilines is 1. The smallest absolute Gasteiger partial charge is 0.280 e. The number of amides is 2. The highest BCUT2D eigenvalue weighted by molar-refractivity contribution is 7.03. The van der Waals surface area contributed by atoms with Gasteiger partial charge >= 0.3 is 0 Å². The SMILES string of the molecule is Cc1ccc(N(CC(=O)NC2CCCCC2)C(=O)c2csnn2)cc1C. The van der Waals surface area contributed by atoms with Crippen LogP contribution in [0.15, 0.2) is 23.6 Å². The van der Waals surface area contributed by atoms with Crippen LogP contribution in [0.5, 0.6) is 0 Å². The molecule has 1 N–H and O–H groups in total. The zero-order valence-corrected chi connectivity index (χ0v) is 16.0. The van der Waals surface area contributed by atoms with Crippen LogP contribution in [0.25, 0.3) is 0 Å². The summed E-state index contributed by atoms with van der Waals surface area (Å²) in [7, 11) is 0. The lowest BCUT2D eigenvalue weighted by molar-refractivity contribution is -0.120. The van der Waals surface area contributed by atoms with Crippen LogP contribution in [0.1, 0.15) is 53.7 Å². The topological polar surface area (TPSA) is 75.2 Å². The number of aryl methyl sites for hydroxylation is 2. The van der Waals surface area contributed by atoms with E-state index in [4.69, 9.17) is 0 Å². The lowest BCUT2D eigenvalue weighted by Gasteiger charge is -2.26. The van der Waals surface area contributed by atoms with Gasteiger partial charge in [0.15, 0.2) is 5.69 Å². The Labute approximate surface area is 157 Å². The molecule has 0 aliphatic heterocycles. The van der Waals surface area contributed by atoms with E-state index < -0.39 is 0 Å². The molecule has 0 bridgehead atoms. The summed E-state index contributed by atoms with van der Waals surface area (Å²) in [6.07, 6.45) is 5.56. The third kappa shape index (κ3) is 4.46. The van der Waals surface area contributed by atoms with Crippen molar-refractivity contribution in [1.29, 1.82) is 0 Å². The Balaban J connectivity index is 1.79. The molecule has 2 aromatic rings. The van der Waals surface area contributed by atoms with Crippen LogP contribution in [0.2, 0.25) is 0 Å². The van der Waals surface area contributed by atoms with Gasteiger partial charge in [-0.05, 0) is 61.5 Å². The van der Waals surface area contributed by atoms with Crippen molar-refractivity contribution >= 4 is 29.0 Å². The predicted octanol–water partition coefficient (Wildman–Crippen LogP) is 3.25. The maximum absolute atomic E-state index is 12.9. The monoisotopic (exact) mass is 372 g/mol. The number of nitrogens with one attached hydrogen (secondary N) is 1. The van der Waals surface area contributed by atoms with Crippen LogP contribution in [0.3, 0.4) is 0 Å². The van der Waals surface area contributed by atoms with E-state index >= 15 is 0 Å². The summed E-state index contributed by atoms with van der Waals surface area (Å²) in [4.78, 5) is 27.0. The normalized spacial score (nSPS) is 14.8. The molecule has 0 unspecified atom stereocenters. The molecule has 2 amide bonds. The summed E-state index contributed by atoms with van der Waals surface area (Å²) < 4.78 is 3.77. The van der Waals surface area contributed by atoms with E-state index in [2.05, 4.69) is 14.9 Å². The standard InChI is InChI=1S/C19H24N4O2S/c1-13-8-9-16(10-14(13)2)23(19(25)17-12-26-22-21-17)11-18(24)20-15-6-4-3-5-7-15/h8-10,12,15H,3-7,11H2,1-2H3,(H,20,24). The van der Waals surface area contributed by atoms with Gasteiger partial charge in [0.1, 0.15) is 6.54 Å². The molecule has 1 aliphatic carbocycles. The summed E-state index contributed by atoms with van der Waals surface area (Å²) in [5.41, 5.74) is 3.18. The molecule has 1 aromatic heterocycles. The Hall–Kier alpha value is -2.28. The molecule has 1 fully saturated rings. The molecule has 6 nitrogen and oxygen atoms in total. The van der Waals surface area contributed by atoms with Gasteiger partial charge < -0.3 is 5.32 Å². The van der Waals surface area contributed by atoms with E-state index in [0.717, 1.165) is 48.3 Å². The fraction of sp³-hybridized carbons (Fsp3) is 0.474. The molecule has 0 spiro atoms. The van der Waals surface area contributed by atoms with Crippen molar-refractivity contribution in [2.24, 2.45) is 0 Å². The van der Waals surface area contributed by atoms with Crippen molar-refractivity contribution in [3.63, 3.8) is 0 Å². The number of hydrogen-bond acceptors (Lipinski definition) is 5. The van der Waals surface area contributed by atoms with Crippen LogP contribution in [-0.4, -0.2) is 34.0 Å². The lowest BCUT2D eigenvalue weighted by Crippen LogP contribution is -2.45. The van der Waals surface area contributed by atoms with E-state index in [-0.39, 0.29) is 30.1 Å². The van der Waals surface area contributed by atoms with Crippen molar-refractivity contribution < 1.29 is 9.59 Å². The zero-order chi connectivity index (χ0) is 18.5. The van der Waals surface area contributed by atoms with Crippen LogP contribution >= 0.6 is 11.5 Å². The number of carbonyl (C=O) groups excluding carboxylic acids is 2. The predicted molar refractivity (Wildman–Crippen MR) is 103 cm³/mol. The van der Waals surface area contributed by atoms with Gasteiger partial charge in [-0.3, -0.25) is 14.5 Å². The van der Waals surface area contributed by atoms with Crippen molar-refractivity contribution in [2.75, 3.05) is 11.4 Å². The van der Waals surface area contributed by atoms with Crippen molar-refractivity contribution in [1.82, 2.24) is 14.9 Å². The molecule has 1 saturated carbocycles. The maximum atomic E-state index is 12.9. The second-order valence-electron chi connectivity index (χ2n) is 6.85. The molecule has 7 heteroatoms. The molecule has 138 valence electrons. The molecule has 1 aliphatic rings. The first-order valence-electron chi connectivity index (χ1n) is 9.00. The molecule has 1 aromatic carbocycles. The first-order chi connectivity index (χ1) is 12.5. The van der Waals surface area contributed by atoms with Crippen LogP contribution in [0, 0.1) is 13.8 Å². The highest BCUT2D eigenvalue weighted by atomic mass is 32.1. The summed E-state index contributed by atoms with van der Waals surface area (Å²) >= 11 is 1.12. The molecule has 26 heavy (non-hydrogen) atoms. The Morgan fingerprint density at radius 2 is 1.96 bits per heavy atom. The quantitative estimate of drug-likeness (QED) is 0.874. The second-order valence-corrected chi connectivity index (χ2v) is 7.46. The van der Waals surface area contributed by atoms with Gasteiger partial charge in [-0.15, -0.1) is 5.10 Å². The number of rotatable bonds is 5. The molecular weight excluding hydrogens is 348 g/mol. The Morgan fingerprint density at radius 3 is 2.62 bits per heavy atom. The minimum Gasteiger partial charge on any atom is -0.352 e. The van der Waals surface area contributed by atoms with Crippen LogP contribution in [0.4, 0.5) is 5.69 Å². The van der Waals surface area contributed by atoms with Gasteiger partial charge in [0.2, 0.25) is 5.91 Å². The third-order valence-electron chi connectivity index (χ3n) is 4.90. The molecule has 0 atom stereocenters. The van der Waals surface area contributed by atoms with E-state index in [1.165, 1.54) is 11.3 Å². The molecule has 0 radical (unpaired) electrons. The van der Waals surface area contributed by atoms with E-state index in [0.29, 0.717) is 5.69 Å². The van der Waals surface area contributed by atoms with Gasteiger partial charge in [-0.2, -0.15) is 0 Å². The maximum Gasteiger partial charge on any atom is 0.280 e. The van der Waals surface area contributed by atoms with Crippen molar-refractivity contribution in [3.8, 4) is 0 Å². The molecular formula is C19H24N4O2S. The summed E-state index contributed by atoms with van der Waals surface area (Å²) in [5.74, 6) is -0.438. The summed E-state index contributed by atoms with van der Waals surface area (Å²) in [6.45, 7) is 3.99. The van der Waals surface area contributed by atoms with E-state index in [1.807, 2.05) is 32.0 Å². The Morgan fingerprint density at radius 1 is 1.19 bits per heavy atom. The van der Waals surface area contributed by atoms with Crippen molar-refractivity contribution in [3.05, 3.63) is 40.4 Å². The number of nitrogens with zero attached hydrogens (tertiary/aromatic N) is 3. The van der Waals surface area contributed by atoms with E-state index in [1.54, 1.807) is 5.38 Å². The fourth-order valence-electron chi connectivity index (χ4n) is 3.23. The number of benzene rings is 1. The first kappa shape index (κ1) is 18.5. The van der Waals surface area contributed by atoms with Crippen molar-refractivity contribution in [2.45, 2.75) is 52.0 Å². The molecule has 3 rings (SSSR count). The lowest BCUT2D eigenvalue weighted by atomic mass is 9.95. The minimum absolute atomic E-state index is 0.0185. The average Bonchev–Trinajstić information content (AvgIpc) is 3.17. The van der Waals surface area contributed by atoms with Gasteiger partial charge in [-0.1, -0.05) is 29.8 Å². The fourth-order valence-corrected chi connectivity index (χ4v) is 3.66. The summed E-state index contributed by atoms with van der Waals surface area (Å²) in [5, 5.41) is 8.56. The van der Waals surface area contributed by atoms with E-state index in [9.17, 15) is 9.59 Å². The Kier molecular flexibility index (Phi) is 5.98. The minimum atomic E-state index is -0.305. The largest absolute Gasteiger partial charge is 0.352 e. The number of aromatic nitrogens is 2. The zero-order valence-electron chi connectivity index (χ0n) is 15.2. The van der Waals surface area contributed by atoms with Gasteiger partial charge in [0.05, 0.1) is 0 Å². The van der Waals surface area contributed by atoms with Gasteiger partial charge in [0.25, 0.3) is 5.91 Å². The second kappa shape index (κ2) is 8.40.